The van der Waals surface area contributed by atoms with E-state index in [9.17, 15) is 27.6 Å². The number of imidazole rings is 1. The molecule has 1 unspecified atom stereocenters. The number of amides is 3. The first-order valence-electron chi connectivity index (χ1n) is 14.7. The van der Waals surface area contributed by atoms with Crippen molar-refractivity contribution in [2.24, 2.45) is 0 Å². The number of likely N-dealkylation sites (tertiary alicyclic amines) is 1. The topological polar surface area (TPSA) is 105 Å². The fraction of sp³-hybridized carbons (Fsp3) is 0.375. The number of thiophene rings is 1. The fourth-order valence-corrected chi connectivity index (χ4v) is 6.65. The number of anilines is 1. The Hall–Kier alpha value is -4.59. The zero-order valence-electron chi connectivity index (χ0n) is 25.4. The Morgan fingerprint density at radius 1 is 1.07 bits per heavy atom. The molecule has 0 radical (unpaired) electrons. The third-order valence-corrected chi connectivity index (χ3v) is 8.72. The third kappa shape index (κ3) is 6.66. The molecule has 0 aliphatic carbocycles. The number of aromatic nitrogens is 2. The molecule has 6 rings (SSSR count). The molecule has 2 aliphatic rings. The van der Waals surface area contributed by atoms with Gasteiger partial charge in [-0.3, -0.25) is 14.0 Å². The average molecular weight is 656 g/mol. The van der Waals surface area contributed by atoms with Crippen molar-refractivity contribution in [1.29, 1.82) is 0 Å². The van der Waals surface area contributed by atoms with Gasteiger partial charge in [0.2, 0.25) is 0 Å². The average Bonchev–Trinajstić information content (AvgIpc) is 3.73. The lowest BCUT2D eigenvalue weighted by molar-refractivity contribution is -0.137. The minimum absolute atomic E-state index is 0.0722. The van der Waals surface area contributed by atoms with Gasteiger partial charge in [-0.05, 0) is 57.0 Å². The molecule has 0 bridgehead atoms. The van der Waals surface area contributed by atoms with Gasteiger partial charge < -0.3 is 24.6 Å². The van der Waals surface area contributed by atoms with Crippen LogP contribution in [0.25, 0.3) is 5.65 Å². The molecule has 0 saturated carbocycles. The van der Waals surface area contributed by atoms with Gasteiger partial charge in [-0.15, -0.1) is 11.3 Å². The van der Waals surface area contributed by atoms with E-state index in [2.05, 4.69) is 10.3 Å². The van der Waals surface area contributed by atoms with Crippen LogP contribution in [0.5, 0.6) is 5.75 Å². The van der Waals surface area contributed by atoms with Crippen molar-refractivity contribution in [3.8, 4) is 5.75 Å². The molecule has 4 aromatic rings. The number of hydrogen-bond acceptors (Lipinski definition) is 7. The monoisotopic (exact) mass is 655 g/mol. The van der Waals surface area contributed by atoms with Gasteiger partial charge in [0.15, 0.2) is 0 Å². The van der Waals surface area contributed by atoms with Gasteiger partial charge in [0, 0.05) is 47.7 Å². The molecule has 242 valence electrons. The molecule has 1 saturated heterocycles. The van der Waals surface area contributed by atoms with Gasteiger partial charge in [0.25, 0.3) is 11.8 Å². The van der Waals surface area contributed by atoms with Crippen molar-refractivity contribution in [3.05, 3.63) is 81.4 Å². The van der Waals surface area contributed by atoms with Crippen molar-refractivity contribution in [1.82, 2.24) is 19.2 Å². The van der Waals surface area contributed by atoms with Crippen molar-refractivity contribution in [2.75, 3.05) is 25.0 Å². The number of pyridine rings is 1. The van der Waals surface area contributed by atoms with Crippen LogP contribution in [0.4, 0.5) is 23.7 Å². The van der Waals surface area contributed by atoms with E-state index < -0.39 is 35.4 Å². The zero-order chi connectivity index (χ0) is 32.8. The standard InChI is InChI=1S/C32H32F3N5O5S/c1-31(2,3)45-30(43)39-10-7-21(16-39)44-22-13-19(32(33,34)35)12-20(14-22)37-28(41)24-18-46-26-17-38(11-8-23(24)26)29(42)25-15-36-27-6-4-5-9-40(25)27/h4-6,9,12-15,18,21H,7-8,10-11,16-17H2,1-3H3,(H,37,41). The molecule has 14 heteroatoms. The summed E-state index contributed by atoms with van der Waals surface area (Å²) in [7, 11) is 0. The SMILES string of the molecule is CC(C)(C)OC(=O)N1CCC(Oc2cc(NC(=O)c3csc4c3CCN(C(=O)c3cnc5ccccn35)C4)cc(C(F)(F)F)c2)C1. The number of halogens is 3. The Balaban J connectivity index is 1.15. The van der Waals surface area contributed by atoms with E-state index in [0.717, 1.165) is 22.6 Å². The molecule has 1 N–H and O–H groups in total. The summed E-state index contributed by atoms with van der Waals surface area (Å²) in [4.78, 5) is 47.4. The van der Waals surface area contributed by atoms with Crippen LogP contribution in [0.2, 0.25) is 0 Å². The number of carbonyl (C=O) groups excluding carboxylic acids is 3. The Kier molecular flexibility index (Phi) is 8.17. The first kappa shape index (κ1) is 31.4. The van der Waals surface area contributed by atoms with Crippen LogP contribution in [0.3, 0.4) is 0 Å². The van der Waals surface area contributed by atoms with Crippen LogP contribution in [0, 0.1) is 0 Å². The maximum atomic E-state index is 13.8. The molecule has 2 aliphatic heterocycles. The lowest BCUT2D eigenvalue weighted by atomic mass is 10.0. The first-order chi connectivity index (χ1) is 21.7. The number of alkyl halides is 3. The van der Waals surface area contributed by atoms with Gasteiger partial charge in [-0.25, -0.2) is 9.78 Å². The van der Waals surface area contributed by atoms with E-state index >= 15 is 0 Å². The van der Waals surface area contributed by atoms with Gasteiger partial charge >= 0.3 is 12.3 Å². The van der Waals surface area contributed by atoms with E-state index in [1.165, 1.54) is 28.5 Å². The van der Waals surface area contributed by atoms with Crippen LogP contribution in [-0.2, 0) is 23.9 Å². The largest absolute Gasteiger partial charge is 0.488 e. The highest BCUT2D eigenvalue weighted by molar-refractivity contribution is 7.10. The number of nitrogens with one attached hydrogen (secondary N) is 1. The summed E-state index contributed by atoms with van der Waals surface area (Å²) in [5.41, 5.74) is 0.484. The second-order valence-corrected chi connectivity index (χ2v) is 13.2. The second kappa shape index (κ2) is 12.0. The van der Waals surface area contributed by atoms with Crippen LogP contribution in [0.1, 0.15) is 64.0 Å². The smallest absolute Gasteiger partial charge is 0.416 e. The number of fused-ring (bicyclic) bond motifs is 2. The number of nitrogens with zero attached hydrogens (tertiary/aromatic N) is 4. The molecule has 1 atom stereocenters. The number of ether oxygens (including phenoxy) is 2. The molecular formula is C32H32F3N5O5S. The maximum Gasteiger partial charge on any atom is 0.416 e. The van der Waals surface area contributed by atoms with Gasteiger partial charge in [-0.1, -0.05) is 6.07 Å². The van der Waals surface area contributed by atoms with Gasteiger partial charge in [0.1, 0.15) is 28.8 Å². The van der Waals surface area contributed by atoms with Crippen molar-refractivity contribution in [2.45, 2.75) is 58.0 Å². The number of rotatable bonds is 5. The minimum Gasteiger partial charge on any atom is -0.488 e. The molecule has 1 fully saturated rings. The summed E-state index contributed by atoms with van der Waals surface area (Å²) in [6, 6.07) is 8.56. The Morgan fingerprint density at radius 3 is 2.63 bits per heavy atom. The van der Waals surface area contributed by atoms with Crippen LogP contribution in [-0.4, -0.2) is 68.4 Å². The molecular weight excluding hydrogens is 623 g/mol. The maximum absolute atomic E-state index is 13.8. The highest BCUT2D eigenvalue weighted by atomic mass is 32.1. The third-order valence-electron chi connectivity index (χ3n) is 7.71. The Labute approximate surface area is 266 Å². The lowest BCUT2D eigenvalue weighted by Gasteiger charge is -2.27. The normalized spacial score (nSPS) is 16.8. The van der Waals surface area contributed by atoms with Crippen molar-refractivity contribution < 1.29 is 37.0 Å². The summed E-state index contributed by atoms with van der Waals surface area (Å²) >= 11 is 1.33. The lowest BCUT2D eigenvalue weighted by Crippen LogP contribution is -2.36. The van der Waals surface area contributed by atoms with Crippen LogP contribution in [0.15, 0.2) is 54.2 Å². The predicted octanol–water partition coefficient (Wildman–Crippen LogP) is 6.25. The minimum atomic E-state index is -4.69. The molecule has 46 heavy (non-hydrogen) atoms. The Morgan fingerprint density at radius 2 is 1.87 bits per heavy atom. The zero-order valence-corrected chi connectivity index (χ0v) is 26.2. The summed E-state index contributed by atoms with van der Waals surface area (Å²) in [5, 5.41) is 4.28. The highest BCUT2D eigenvalue weighted by Crippen LogP contribution is 2.36. The quantitative estimate of drug-likeness (QED) is 0.273. The Bertz CT molecular complexity index is 1810. The van der Waals surface area contributed by atoms with E-state index in [-0.39, 0.29) is 23.9 Å². The van der Waals surface area contributed by atoms with Crippen LogP contribution >= 0.6 is 11.3 Å². The number of hydrogen-bond donors (Lipinski definition) is 1. The van der Waals surface area contributed by atoms with E-state index in [1.54, 1.807) is 41.6 Å². The number of benzene rings is 1. The molecule has 3 aromatic heterocycles. The molecule has 5 heterocycles. The molecule has 3 amide bonds. The molecule has 10 nitrogen and oxygen atoms in total. The number of carbonyl (C=O) groups is 3. The van der Waals surface area contributed by atoms with E-state index in [1.807, 2.05) is 18.2 Å². The molecule has 1 aromatic carbocycles. The fourth-order valence-electron chi connectivity index (χ4n) is 5.56. The highest BCUT2D eigenvalue weighted by Gasteiger charge is 2.34. The predicted molar refractivity (Wildman–Crippen MR) is 164 cm³/mol. The van der Waals surface area contributed by atoms with Crippen LogP contribution < -0.4 is 10.1 Å². The first-order valence-corrected chi connectivity index (χ1v) is 15.6. The molecule has 0 spiro atoms. The summed E-state index contributed by atoms with van der Waals surface area (Å²) in [6.07, 6.45) is -1.61. The van der Waals surface area contributed by atoms with E-state index in [0.29, 0.717) is 49.4 Å². The van der Waals surface area contributed by atoms with Crippen molar-refractivity contribution in [3.63, 3.8) is 0 Å². The summed E-state index contributed by atoms with van der Waals surface area (Å²) in [5.74, 6) is -0.812. The van der Waals surface area contributed by atoms with Crippen molar-refractivity contribution >= 4 is 40.6 Å². The summed E-state index contributed by atoms with van der Waals surface area (Å²) < 4.78 is 54.5. The van der Waals surface area contributed by atoms with Gasteiger partial charge in [0.05, 0.1) is 30.4 Å². The summed E-state index contributed by atoms with van der Waals surface area (Å²) in [6.45, 7) is 6.42. The van der Waals surface area contributed by atoms with Gasteiger partial charge in [-0.2, -0.15) is 13.2 Å². The van der Waals surface area contributed by atoms with E-state index in [4.69, 9.17) is 9.47 Å². The second-order valence-electron chi connectivity index (χ2n) is 12.3.